The lowest BCUT2D eigenvalue weighted by Gasteiger charge is -2.33. The quantitative estimate of drug-likeness (QED) is 0.615. The van der Waals surface area contributed by atoms with E-state index in [2.05, 4.69) is 0 Å². The second-order valence-electron chi connectivity index (χ2n) is 8.43. The van der Waals surface area contributed by atoms with E-state index in [4.69, 9.17) is 0 Å². The van der Waals surface area contributed by atoms with Crippen molar-refractivity contribution in [1.82, 2.24) is 10.2 Å². The Morgan fingerprint density at radius 2 is 1.55 bits per heavy atom. The number of carbonyl (C=O) groups is 3. The summed E-state index contributed by atoms with van der Waals surface area (Å²) < 4.78 is 44.2. The van der Waals surface area contributed by atoms with Crippen molar-refractivity contribution in [3.05, 3.63) is 83.1 Å². The van der Waals surface area contributed by atoms with Gasteiger partial charge in [-0.2, -0.15) is 13.2 Å². The zero-order valence-electron chi connectivity index (χ0n) is 18.6. The number of carbonyl (C=O) groups excluding carboxylic acids is 3. The van der Waals surface area contributed by atoms with Gasteiger partial charge >= 0.3 is 6.18 Å². The van der Waals surface area contributed by atoms with E-state index in [-0.39, 0.29) is 30.1 Å². The molecule has 0 saturated carbocycles. The van der Waals surface area contributed by atoms with Crippen LogP contribution in [0.3, 0.4) is 0 Å². The topological polar surface area (TPSA) is 66.5 Å². The van der Waals surface area contributed by atoms with Gasteiger partial charge in [0.05, 0.1) is 12.1 Å². The zero-order chi connectivity index (χ0) is 24.4. The van der Waals surface area contributed by atoms with Crippen molar-refractivity contribution in [2.75, 3.05) is 0 Å². The molecule has 5 nitrogen and oxygen atoms in total. The van der Waals surface area contributed by atoms with Crippen LogP contribution in [-0.2, 0) is 16.1 Å². The van der Waals surface area contributed by atoms with Crippen LogP contribution in [0.15, 0.2) is 71.9 Å². The normalized spacial score (nSPS) is 18.8. The number of nitrogens with one attached hydrogen (secondary N) is 1. The highest BCUT2D eigenvalue weighted by molar-refractivity contribution is 6.19. The molecular formula is C25H25F3N2O3. The zero-order valence-corrected chi connectivity index (χ0v) is 18.6. The first-order valence-electron chi connectivity index (χ1n) is 10.5. The van der Waals surface area contributed by atoms with E-state index in [1.807, 2.05) is 5.32 Å². The number of hydrogen-bond donors (Lipinski definition) is 1. The molecule has 2 aromatic rings. The summed E-state index contributed by atoms with van der Waals surface area (Å²) in [6.45, 7) is 4.48. The van der Waals surface area contributed by atoms with E-state index >= 15 is 0 Å². The number of hydrogen-bond acceptors (Lipinski definition) is 3. The average molecular weight is 458 g/mol. The Morgan fingerprint density at radius 3 is 2.06 bits per heavy atom. The molecule has 2 aromatic carbocycles. The number of nitrogens with zero attached hydrogens (tertiary/aromatic N) is 1. The lowest BCUT2D eigenvalue weighted by molar-refractivity contribution is -0.193. The predicted octanol–water partition coefficient (Wildman–Crippen LogP) is 4.65. The molecule has 0 fully saturated rings. The minimum Gasteiger partial charge on any atom is -0.330 e. The highest BCUT2D eigenvalue weighted by atomic mass is 19.4. The molecule has 0 bridgehead atoms. The van der Waals surface area contributed by atoms with Gasteiger partial charge < -0.3 is 10.2 Å². The Morgan fingerprint density at radius 1 is 1.00 bits per heavy atom. The Kier molecular flexibility index (Phi) is 6.76. The molecule has 0 spiro atoms. The van der Waals surface area contributed by atoms with Crippen LogP contribution in [0.4, 0.5) is 13.2 Å². The van der Waals surface area contributed by atoms with Crippen molar-refractivity contribution < 1.29 is 27.6 Å². The highest BCUT2D eigenvalue weighted by Gasteiger charge is 2.70. The van der Waals surface area contributed by atoms with Gasteiger partial charge in [-0.05, 0) is 18.4 Å². The molecular weight excluding hydrogens is 433 g/mol. The second-order valence-corrected chi connectivity index (χ2v) is 8.43. The summed E-state index contributed by atoms with van der Waals surface area (Å²) >= 11 is 0. The number of amides is 2. The van der Waals surface area contributed by atoms with Crippen molar-refractivity contribution in [3.8, 4) is 0 Å². The summed E-state index contributed by atoms with van der Waals surface area (Å²) in [6, 6.07) is 15.9. The second kappa shape index (κ2) is 9.21. The molecule has 0 aromatic heterocycles. The molecule has 0 radical (unpaired) electrons. The molecule has 33 heavy (non-hydrogen) atoms. The van der Waals surface area contributed by atoms with E-state index < -0.39 is 34.9 Å². The molecule has 8 heteroatoms. The molecule has 0 saturated heterocycles. The molecule has 1 aliphatic heterocycles. The van der Waals surface area contributed by atoms with Gasteiger partial charge in [-0.1, -0.05) is 74.5 Å². The summed E-state index contributed by atoms with van der Waals surface area (Å²) in [5.74, 6) is -3.55. The molecule has 1 N–H and O–H groups in total. The van der Waals surface area contributed by atoms with E-state index in [9.17, 15) is 27.6 Å². The number of benzene rings is 2. The molecule has 1 atom stereocenters. The number of rotatable bonds is 7. The number of halogens is 3. The van der Waals surface area contributed by atoms with Gasteiger partial charge in [0, 0.05) is 17.7 Å². The third-order valence-corrected chi connectivity index (χ3v) is 5.50. The van der Waals surface area contributed by atoms with Crippen LogP contribution in [0, 0.1) is 5.92 Å². The maximum atomic E-state index is 14.7. The van der Waals surface area contributed by atoms with Crippen molar-refractivity contribution >= 4 is 17.6 Å². The summed E-state index contributed by atoms with van der Waals surface area (Å²) in [7, 11) is 0. The maximum Gasteiger partial charge on any atom is 0.425 e. The van der Waals surface area contributed by atoms with Gasteiger partial charge in [0.25, 0.3) is 5.91 Å². The Hall–Kier alpha value is -3.42. The molecule has 1 aliphatic rings. The fraction of sp³-hybridized carbons (Fsp3) is 0.320. The fourth-order valence-electron chi connectivity index (χ4n) is 3.97. The lowest BCUT2D eigenvalue weighted by atomic mass is 9.84. The van der Waals surface area contributed by atoms with Crippen LogP contribution in [-0.4, -0.2) is 34.2 Å². The van der Waals surface area contributed by atoms with Gasteiger partial charge in [-0.15, -0.1) is 0 Å². The van der Waals surface area contributed by atoms with Gasteiger partial charge in [-0.25, -0.2) is 0 Å². The van der Waals surface area contributed by atoms with Gasteiger partial charge in [0.15, 0.2) is 5.78 Å². The van der Waals surface area contributed by atoms with Crippen LogP contribution in [0.25, 0.3) is 0 Å². The van der Waals surface area contributed by atoms with E-state index in [1.165, 1.54) is 31.2 Å². The largest absolute Gasteiger partial charge is 0.425 e. The molecule has 1 unspecified atom stereocenters. The summed E-state index contributed by atoms with van der Waals surface area (Å²) in [6.07, 6.45) is -5.47. The van der Waals surface area contributed by atoms with Gasteiger partial charge in [0.2, 0.25) is 11.4 Å². The monoisotopic (exact) mass is 458 g/mol. The van der Waals surface area contributed by atoms with Crippen LogP contribution in [0.1, 0.15) is 43.1 Å². The highest BCUT2D eigenvalue weighted by Crippen LogP contribution is 2.46. The van der Waals surface area contributed by atoms with Crippen molar-refractivity contribution in [2.24, 2.45) is 5.92 Å². The fourth-order valence-corrected chi connectivity index (χ4v) is 3.97. The minimum absolute atomic E-state index is 0.00653. The Balaban J connectivity index is 2.20. The van der Waals surface area contributed by atoms with Crippen molar-refractivity contribution in [3.63, 3.8) is 0 Å². The summed E-state index contributed by atoms with van der Waals surface area (Å²) in [5, 5.41) is 1.93. The van der Waals surface area contributed by atoms with E-state index in [1.54, 1.807) is 50.2 Å². The molecule has 3 rings (SSSR count). The smallest absolute Gasteiger partial charge is 0.330 e. The molecule has 2 amide bonds. The SMILES string of the molecule is CC1=C(C(=O)c2ccccc2)C(NC(=O)CC(C)C)(C(F)(F)F)C(=O)N1Cc1ccccc1. The molecule has 0 aliphatic carbocycles. The van der Waals surface area contributed by atoms with E-state index in [0.717, 1.165) is 4.90 Å². The standard InChI is InChI=1S/C25H25F3N2O3/c1-16(2)14-20(31)29-24(25(26,27)28)21(22(32)19-12-8-5-9-13-19)17(3)30(23(24)33)15-18-10-6-4-7-11-18/h4-13,16H,14-15H2,1-3H3,(H,29,31). The number of alkyl halides is 3. The van der Waals surface area contributed by atoms with Crippen LogP contribution >= 0.6 is 0 Å². The maximum absolute atomic E-state index is 14.7. The number of Topliss-reactive ketones (excluding diaryl/α,β-unsaturated/α-hetero) is 1. The first-order chi connectivity index (χ1) is 15.5. The Labute approximate surface area is 190 Å². The molecule has 174 valence electrons. The predicted molar refractivity (Wildman–Crippen MR) is 117 cm³/mol. The third-order valence-electron chi connectivity index (χ3n) is 5.50. The van der Waals surface area contributed by atoms with Gasteiger partial charge in [-0.3, -0.25) is 14.4 Å². The summed E-state index contributed by atoms with van der Waals surface area (Å²) in [4.78, 5) is 40.3. The minimum atomic E-state index is -5.25. The Bertz CT molecular complexity index is 1080. The van der Waals surface area contributed by atoms with Crippen molar-refractivity contribution in [2.45, 2.75) is 45.5 Å². The average Bonchev–Trinajstić information content (AvgIpc) is 2.96. The number of allylic oxidation sites excluding steroid dienone is 1. The van der Waals surface area contributed by atoms with Crippen LogP contribution < -0.4 is 5.32 Å². The number of ketones is 1. The third kappa shape index (κ3) is 4.55. The van der Waals surface area contributed by atoms with Gasteiger partial charge in [0.1, 0.15) is 0 Å². The first kappa shape index (κ1) is 24.2. The van der Waals surface area contributed by atoms with Crippen LogP contribution in [0.2, 0.25) is 0 Å². The lowest BCUT2D eigenvalue weighted by Crippen LogP contribution is -2.66. The first-order valence-corrected chi connectivity index (χ1v) is 10.5. The van der Waals surface area contributed by atoms with Crippen LogP contribution in [0.5, 0.6) is 0 Å². The van der Waals surface area contributed by atoms with Crippen molar-refractivity contribution in [1.29, 1.82) is 0 Å². The summed E-state index contributed by atoms with van der Waals surface area (Å²) in [5.41, 5.74) is -3.81. The van der Waals surface area contributed by atoms with E-state index in [0.29, 0.717) is 5.56 Å². The molecule has 1 heterocycles.